The molecule has 0 N–H and O–H groups in total. The van der Waals surface area contributed by atoms with Gasteiger partial charge in [-0.1, -0.05) is 82.2 Å². The Kier molecular flexibility index (Phi) is 11.0. The van der Waals surface area contributed by atoms with E-state index in [0.717, 1.165) is 12.0 Å². The van der Waals surface area contributed by atoms with Crippen LogP contribution in [0.3, 0.4) is 0 Å². The van der Waals surface area contributed by atoms with Crippen molar-refractivity contribution in [1.82, 2.24) is 0 Å². The van der Waals surface area contributed by atoms with Crippen molar-refractivity contribution in [2.75, 3.05) is 19.8 Å². The highest BCUT2D eigenvalue weighted by molar-refractivity contribution is 5.65. The van der Waals surface area contributed by atoms with Gasteiger partial charge in [0, 0.05) is 17.0 Å². The van der Waals surface area contributed by atoms with E-state index in [0.29, 0.717) is 31.1 Å². The molecular formula is C29H38F2O3. The van der Waals surface area contributed by atoms with Crippen LogP contribution in [0.5, 0.6) is 5.75 Å². The zero-order chi connectivity index (χ0) is 24.2. The molecular weight excluding hydrogens is 434 g/mol. The fourth-order valence-electron chi connectivity index (χ4n) is 4.23. The molecule has 0 amide bonds. The van der Waals surface area contributed by atoms with E-state index in [1.807, 2.05) is 12.1 Å². The molecule has 1 fully saturated rings. The predicted molar refractivity (Wildman–Crippen MR) is 133 cm³/mol. The van der Waals surface area contributed by atoms with Crippen LogP contribution in [0.4, 0.5) is 8.78 Å². The number of hydrogen-bond donors (Lipinski definition) is 0. The maximum Gasteiger partial charge on any atom is 0.201 e. The monoisotopic (exact) mass is 472 g/mol. The van der Waals surface area contributed by atoms with Gasteiger partial charge in [0.15, 0.2) is 17.9 Å². The Morgan fingerprint density at radius 1 is 0.912 bits per heavy atom. The first-order chi connectivity index (χ1) is 16.6. The standard InChI is InChI=1S/C29H38F2O3/c1-3-5-7-8-9-10-11-12-22-20-33-29(34-21-22)24-15-13-23(14-16-24)25-17-18-26(28(31)27(25)30)32-19-6-4-2/h4,13-18,22,29H,2-3,5-12,19-21H2,1H3. The van der Waals surface area contributed by atoms with Crippen molar-refractivity contribution in [3.05, 3.63) is 66.3 Å². The van der Waals surface area contributed by atoms with E-state index >= 15 is 0 Å². The van der Waals surface area contributed by atoms with Crippen LogP contribution in [-0.4, -0.2) is 19.8 Å². The van der Waals surface area contributed by atoms with Gasteiger partial charge in [0.05, 0.1) is 19.8 Å². The Bertz CT molecular complexity index is 874. The highest BCUT2D eigenvalue weighted by atomic mass is 19.2. The molecule has 0 unspecified atom stereocenters. The summed E-state index contributed by atoms with van der Waals surface area (Å²) < 4.78 is 46.2. The van der Waals surface area contributed by atoms with Gasteiger partial charge in [-0.15, -0.1) is 6.58 Å². The van der Waals surface area contributed by atoms with Crippen molar-refractivity contribution in [2.45, 2.75) is 71.0 Å². The molecule has 1 aliphatic rings. The molecule has 2 aromatic rings. The second-order valence-corrected chi connectivity index (χ2v) is 9.06. The summed E-state index contributed by atoms with van der Waals surface area (Å²) in [5.74, 6) is -1.54. The molecule has 0 saturated carbocycles. The topological polar surface area (TPSA) is 27.7 Å². The van der Waals surface area contributed by atoms with Crippen LogP contribution < -0.4 is 4.74 Å². The minimum Gasteiger partial charge on any atom is -0.490 e. The lowest BCUT2D eigenvalue weighted by Gasteiger charge is -2.29. The fraction of sp³-hybridized carbons (Fsp3) is 0.517. The van der Waals surface area contributed by atoms with Crippen LogP contribution in [-0.2, 0) is 9.47 Å². The van der Waals surface area contributed by atoms with Gasteiger partial charge in [-0.2, -0.15) is 4.39 Å². The van der Waals surface area contributed by atoms with Crippen molar-refractivity contribution in [1.29, 1.82) is 0 Å². The second-order valence-electron chi connectivity index (χ2n) is 9.06. The Hall–Kier alpha value is -2.24. The maximum atomic E-state index is 14.6. The molecule has 1 heterocycles. The van der Waals surface area contributed by atoms with Gasteiger partial charge in [-0.3, -0.25) is 0 Å². The molecule has 2 aromatic carbocycles. The average molecular weight is 473 g/mol. The summed E-state index contributed by atoms with van der Waals surface area (Å²) in [5, 5.41) is 0. The molecule has 1 saturated heterocycles. The van der Waals surface area contributed by atoms with E-state index in [1.54, 1.807) is 24.3 Å². The molecule has 0 aliphatic carbocycles. The Morgan fingerprint density at radius 2 is 1.59 bits per heavy atom. The summed E-state index contributed by atoms with van der Waals surface area (Å²) in [6.07, 6.45) is 12.1. The van der Waals surface area contributed by atoms with Gasteiger partial charge in [0.25, 0.3) is 0 Å². The lowest BCUT2D eigenvalue weighted by molar-refractivity contribution is -0.206. The Balaban J connectivity index is 1.47. The highest BCUT2D eigenvalue weighted by Gasteiger charge is 2.23. The molecule has 0 radical (unpaired) electrons. The number of hydrogen-bond acceptors (Lipinski definition) is 3. The number of rotatable bonds is 14. The van der Waals surface area contributed by atoms with E-state index in [4.69, 9.17) is 14.2 Å². The number of halogens is 2. The molecule has 0 bridgehead atoms. The van der Waals surface area contributed by atoms with Crippen molar-refractivity contribution in [3.8, 4) is 16.9 Å². The van der Waals surface area contributed by atoms with E-state index < -0.39 is 17.9 Å². The molecule has 186 valence electrons. The van der Waals surface area contributed by atoms with Gasteiger partial charge in [-0.05, 0) is 30.5 Å². The third-order valence-corrected chi connectivity index (χ3v) is 6.30. The van der Waals surface area contributed by atoms with Crippen molar-refractivity contribution < 1.29 is 23.0 Å². The highest BCUT2D eigenvalue weighted by Crippen LogP contribution is 2.32. The average Bonchev–Trinajstić information content (AvgIpc) is 2.87. The summed E-state index contributed by atoms with van der Waals surface area (Å²) in [4.78, 5) is 0. The van der Waals surface area contributed by atoms with Crippen LogP contribution in [0.2, 0.25) is 0 Å². The molecule has 0 atom stereocenters. The molecule has 34 heavy (non-hydrogen) atoms. The van der Waals surface area contributed by atoms with E-state index in [1.165, 1.54) is 51.0 Å². The molecule has 0 aromatic heterocycles. The molecule has 3 nitrogen and oxygen atoms in total. The molecule has 1 aliphatic heterocycles. The van der Waals surface area contributed by atoms with Gasteiger partial charge in [0.1, 0.15) is 0 Å². The van der Waals surface area contributed by atoms with Gasteiger partial charge in [0.2, 0.25) is 5.82 Å². The smallest absolute Gasteiger partial charge is 0.201 e. The minimum absolute atomic E-state index is 0.0882. The molecule has 5 heteroatoms. The number of unbranched alkanes of at least 4 members (excludes halogenated alkanes) is 6. The molecule has 0 spiro atoms. The first-order valence-corrected chi connectivity index (χ1v) is 12.7. The number of benzene rings is 2. The lowest BCUT2D eigenvalue weighted by Crippen LogP contribution is -2.27. The van der Waals surface area contributed by atoms with E-state index in [9.17, 15) is 8.78 Å². The summed E-state index contributed by atoms with van der Waals surface area (Å²) in [6.45, 7) is 7.47. The number of ether oxygens (including phenoxy) is 3. The van der Waals surface area contributed by atoms with Gasteiger partial charge >= 0.3 is 0 Å². The first-order valence-electron chi connectivity index (χ1n) is 12.7. The van der Waals surface area contributed by atoms with Crippen LogP contribution >= 0.6 is 0 Å². The molecule has 3 rings (SSSR count). The van der Waals surface area contributed by atoms with Crippen molar-refractivity contribution in [3.63, 3.8) is 0 Å². The van der Waals surface area contributed by atoms with Crippen LogP contribution in [0.1, 0.15) is 76.6 Å². The predicted octanol–water partition coefficient (Wildman–Crippen LogP) is 8.39. The van der Waals surface area contributed by atoms with E-state index in [2.05, 4.69) is 13.5 Å². The summed E-state index contributed by atoms with van der Waals surface area (Å²) >= 11 is 0. The first kappa shape index (κ1) is 26.4. The van der Waals surface area contributed by atoms with E-state index in [-0.39, 0.29) is 17.9 Å². The zero-order valence-electron chi connectivity index (χ0n) is 20.4. The SMILES string of the molecule is C=CCCOc1ccc(-c2ccc(C3OCC(CCCCCCCCC)CO3)cc2)c(F)c1F. The van der Waals surface area contributed by atoms with Crippen LogP contribution in [0, 0.1) is 17.6 Å². The lowest BCUT2D eigenvalue weighted by atomic mass is 10.00. The normalized spacial score (nSPS) is 18.1. The fourth-order valence-corrected chi connectivity index (χ4v) is 4.23. The van der Waals surface area contributed by atoms with Gasteiger partial charge < -0.3 is 14.2 Å². The largest absolute Gasteiger partial charge is 0.490 e. The third kappa shape index (κ3) is 7.64. The summed E-state index contributed by atoms with van der Waals surface area (Å²) in [7, 11) is 0. The Morgan fingerprint density at radius 3 is 2.26 bits per heavy atom. The second kappa shape index (κ2) is 14.2. The maximum absolute atomic E-state index is 14.6. The Labute approximate surface area is 203 Å². The zero-order valence-corrected chi connectivity index (χ0v) is 20.4. The van der Waals surface area contributed by atoms with Crippen molar-refractivity contribution in [2.24, 2.45) is 5.92 Å². The summed E-state index contributed by atoms with van der Waals surface area (Å²) in [6, 6.07) is 10.2. The summed E-state index contributed by atoms with van der Waals surface area (Å²) in [5.41, 5.74) is 1.66. The van der Waals surface area contributed by atoms with Crippen LogP contribution in [0.25, 0.3) is 11.1 Å². The van der Waals surface area contributed by atoms with Crippen LogP contribution in [0.15, 0.2) is 49.1 Å². The third-order valence-electron chi connectivity index (χ3n) is 6.30. The van der Waals surface area contributed by atoms with Crippen molar-refractivity contribution >= 4 is 0 Å². The minimum atomic E-state index is -0.975. The quantitative estimate of drug-likeness (QED) is 0.204. The van der Waals surface area contributed by atoms with Gasteiger partial charge in [-0.25, -0.2) is 4.39 Å².